The summed E-state index contributed by atoms with van der Waals surface area (Å²) in [6.45, 7) is 0. The average Bonchev–Trinajstić information content (AvgIpc) is 2.02. The molecule has 1 aromatic rings. The van der Waals surface area contributed by atoms with Gasteiger partial charge in [-0.25, -0.2) is 0 Å². The Morgan fingerprint density at radius 1 is 0.929 bits per heavy atom. The summed E-state index contributed by atoms with van der Waals surface area (Å²) in [5.74, 6) is -4.97. The van der Waals surface area contributed by atoms with Crippen LogP contribution in [-0.2, 0) is 5.92 Å². The van der Waals surface area contributed by atoms with Gasteiger partial charge in [0.05, 0.1) is 11.3 Å². The van der Waals surface area contributed by atoms with Gasteiger partial charge in [-0.3, -0.25) is 0 Å². The van der Waals surface area contributed by atoms with Gasteiger partial charge < -0.3 is 5.73 Å². The van der Waals surface area contributed by atoms with E-state index in [9.17, 15) is 22.0 Å². The second kappa shape index (κ2) is 3.11. The van der Waals surface area contributed by atoms with Crippen LogP contribution in [-0.4, -0.2) is 6.18 Å². The standard InChI is InChI=1S/C8H5F5N/c9-7(10,8(11,12)13)5-3-1-2-4-6(5)14/h1-4,14H. The molecule has 0 heterocycles. The molecule has 1 aromatic carbocycles. The third kappa shape index (κ3) is 1.64. The van der Waals surface area contributed by atoms with E-state index in [-0.39, 0.29) is 0 Å². The minimum atomic E-state index is -5.66. The smallest absolute Gasteiger partial charge is 0.300 e. The lowest BCUT2D eigenvalue weighted by atomic mass is 10.1. The van der Waals surface area contributed by atoms with E-state index in [0.717, 1.165) is 12.1 Å². The molecule has 1 rings (SSSR count). The normalized spacial score (nSPS) is 12.9. The van der Waals surface area contributed by atoms with Crippen molar-refractivity contribution in [2.45, 2.75) is 12.1 Å². The number of alkyl halides is 5. The van der Waals surface area contributed by atoms with Gasteiger partial charge in [0.1, 0.15) is 0 Å². The molecule has 0 aliphatic rings. The van der Waals surface area contributed by atoms with E-state index in [0.29, 0.717) is 6.07 Å². The highest BCUT2D eigenvalue weighted by Gasteiger charge is 2.59. The van der Waals surface area contributed by atoms with Gasteiger partial charge in [0.15, 0.2) is 0 Å². The number of nitrogens with one attached hydrogen (secondary N) is 1. The van der Waals surface area contributed by atoms with E-state index < -0.39 is 23.3 Å². The Morgan fingerprint density at radius 2 is 1.43 bits per heavy atom. The van der Waals surface area contributed by atoms with Crippen molar-refractivity contribution < 1.29 is 22.0 Å². The van der Waals surface area contributed by atoms with Crippen LogP contribution in [0, 0.1) is 0 Å². The zero-order chi connectivity index (χ0) is 11.0. The minimum Gasteiger partial charge on any atom is -0.300 e. The second-order valence-corrected chi connectivity index (χ2v) is 2.62. The molecule has 1 radical (unpaired) electrons. The molecule has 0 saturated carbocycles. The van der Waals surface area contributed by atoms with Gasteiger partial charge in [0.25, 0.3) is 0 Å². The molecule has 1 N–H and O–H groups in total. The largest absolute Gasteiger partial charge is 0.458 e. The van der Waals surface area contributed by atoms with Crippen molar-refractivity contribution in [3.63, 3.8) is 0 Å². The first-order valence-electron chi connectivity index (χ1n) is 3.52. The lowest BCUT2D eigenvalue weighted by molar-refractivity contribution is -0.289. The Kier molecular flexibility index (Phi) is 2.39. The van der Waals surface area contributed by atoms with Crippen LogP contribution in [0.3, 0.4) is 0 Å². The number of halogens is 5. The van der Waals surface area contributed by atoms with E-state index in [1.54, 1.807) is 0 Å². The summed E-state index contributed by atoms with van der Waals surface area (Å²) >= 11 is 0. The zero-order valence-electron chi connectivity index (χ0n) is 6.70. The summed E-state index contributed by atoms with van der Waals surface area (Å²) < 4.78 is 61.0. The van der Waals surface area contributed by atoms with E-state index in [4.69, 9.17) is 5.73 Å². The fraction of sp³-hybridized carbons (Fsp3) is 0.250. The van der Waals surface area contributed by atoms with E-state index in [1.807, 2.05) is 0 Å². The van der Waals surface area contributed by atoms with Gasteiger partial charge in [-0.1, -0.05) is 18.2 Å². The monoisotopic (exact) mass is 210 g/mol. The Labute approximate surface area is 76.3 Å². The summed E-state index contributed by atoms with van der Waals surface area (Å²) in [6.07, 6.45) is -5.66. The Morgan fingerprint density at radius 3 is 1.86 bits per heavy atom. The van der Waals surface area contributed by atoms with Gasteiger partial charge in [0, 0.05) is 0 Å². The van der Waals surface area contributed by atoms with Gasteiger partial charge in [-0.15, -0.1) is 0 Å². The van der Waals surface area contributed by atoms with Crippen molar-refractivity contribution in [3.05, 3.63) is 29.8 Å². The lowest BCUT2D eigenvalue weighted by Crippen LogP contribution is -2.33. The van der Waals surface area contributed by atoms with Gasteiger partial charge in [-0.2, -0.15) is 22.0 Å². The molecule has 0 atom stereocenters. The van der Waals surface area contributed by atoms with Crippen molar-refractivity contribution in [2.75, 3.05) is 0 Å². The summed E-state index contributed by atoms with van der Waals surface area (Å²) in [6, 6.07) is 3.73. The van der Waals surface area contributed by atoms with E-state index >= 15 is 0 Å². The van der Waals surface area contributed by atoms with E-state index in [1.165, 1.54) is 6.07 Å². The topological polar surface area (TPSA) is 23.8 Å². The highest BCUT2D eigenvalue weighted by Crippen LogP contribution is 2.45. The maximum Gasteiger partial charge on any atom is 0.458 e. The molecule has 0 bridgehead atoms. The first-order chi connectivity index (χ1) is 6.27. The molecule has 1 nitrogen and oxygen atoms in total. The van der Waals surface area contributed by atoms with Gasteiger partial charge >= 0.3 is 12.1 Å². The predicted molar refractivity (Wildman–Crippen MR) is 39.1 cm³/mol. The molecular weight excluding hydrogens is 205 g/mol. The Hall–Kier alpha value is -1.33. The van der Waals surface area contributed by atoms with Crippen LogP contribution in [0.1, 0.15) is 5.56 Å². The predicted octanol–water partition coefficient (Wildman–Crippen LogP) is 3.26. The third-order valence-electron chi connectivity index (χ3n) is 1.62. The molecule has 77 valence electrons. The lowest BCUT2D eigenvalue weighted by Gasteiger charge is -2.20. The van der Waals surface area contributed by atoms with Gasteiger partial charge in [0.2, 0.25) is 0 Å². The Balaban J connectivity index is 3.23. The Bertz CT molecular complexity index is 331. The molecule has 0 aliphatic heterocycles. The number of benzene rings is 1. The van der Waals surface area contributed by atoms with Crippen LogP contribution >= 0.6 is 0 Å². The van der Waals surface area contributed by atoms with Crippen molar-refractivity contribution in [3.8, 4) is 0 Å². The van der Waals surface area contributed by atoms with Crippen LogP contribution in [0.25, 0.3) is 0 Å². The second-order valence-electron chi connectivity index (χ2n) is 2.62. The number of hydrogen-bond donors (Lipinski definition) is 0. The molecule has 0 aromatic heterocycles. The highest BCUT2D eigenvalue weighted by molar-refractivity contribution is 5.46. The van der Waals surface area contributed by atoms with Crippen LogP contribution in [0.15, 0.2) is 24.3 Å². The average molecular weight is 210 g/mol. The molecule has 14 heavy (non-hydrogen) atoms. The number of rotatable bonds is 1. The van der Waals surface area contributed by atoms with Crippen LogP contribution < -0.4 is 5.73 Å². The molecule has 0 saturated heterocycles. The highest BCUT2D eigenvalue weighted by atomic mass is 19.4. The fourth-order valence-electron chi connectivity index (χ4n) is 0.910. The first kappa shape index (κ1) is 10.7. The molecular formula is C8H5F5N. The van der Waals surface area contributed by atoms with E-state index in [2.05, 4.69) is 0 Å². The number of hydrogen-bond acceptors (Lipinski definition) is 0. The molecule has 0 spiro atoms. The summed E-state index contributed by atoms with van der Waals surface area (Å²) in [4.78, 5) is 0. The maximum atomic E-state index is 12.7. The SMILES string of the molecule is [NH]c1ccccc1C(F)(F)C(F)(F)F. The minimum absolute atomic E-state index is 0.593. The molecule has 0 fully saturated rings. The fourth-order valence-corrected chi connectivity index (χ4v) is 0.910. The molecule has 6 heteroatoms. The van der Waals surface area contributed by atoms with Gasteiger partial charge in [-0.05, 0) is 6.07 Å². The molecule has 0 aliphatic carbocycles. The maximum absolute atomic E-state index is 12.7. The summed E-state index contributed by atoms with van der Waals surface area (Å²) in [5.41, 5.74) is 4.78. The van der Waals surface area contributed by atoms with Crippen LogP contribution in [0.2, 0.25) is 0 Å². The first-order valence-corrected chi connectivity index (χ1v) is 3.52. The zero-order valence-corrected chi connectivity index (χ0v) is 6.70. The molecule has 0 unspecified atom stereocenters. The van der Waals surface area contributed by atoms with Crippen molar-refractivity contribution in [1.82, 2.24) is 5.73 Å². The van der Waals surface area contributed by atoms with Crippen LogP contribution in [0.5, 0.6) is 0 Å². The summed E-state index contributed by atoms with van der Waals surface area (Å²) in [7, 11) is 0. The quantitative estimate of drug-likeness (QED) is 0.635. The summed E-state index contributed by atoms with van der Waals surface area (Å²) in [5, 5.41) is 0. The van der Waals surface area contributed by atoms with Crippen molar-refractivity contribution in [1.29, 1.82) is 0 Å². The van der Waals surface area contributed by atoms with Crippen LogP contribution in [0.4, 0.5) is 27.6 Å². The van der Waals surface area contributed by atoms with Crippen molar-refractivity contribution >= 4 is 5.69 Å². The third-order valence-corrected chi connectivity index (χ3v) is 1.62. The molecule has 0 amide bonds. The van der Waals surface area contributed by atoms with Crippen molar-refractivity contribution in [2.24, 2.45) is 0 Å².